The lowest BCUT2D eigenvalue weighted by Crippen LogP contribution is -2.21. The lowest BCUT2D eigenvalue weighted by molar-refractivity contribution is -0.384. The summed E-state index contributed by atoms with van der Waals surface area (Å²) in [6.45, 7) is 1.57. The van der Waals surface area contributed by atoms with Crippen LogP contribution in [-0.4, -0.2) is 45.2 Å². The number of nitro benzene ring substituents is 1. The van der Waals surface area contributed by atoms with Gasteiger partial charge >= 0.3 is 11.9 Å². The van der Waals surface area contributed by atoms with Crippen LogP contribution in [0, 0.1) is 10.1 Å². The van der Waals surface area contributed by atoms with Crippen LogP contribution in [-0.2, 0) is 4.74 Å². The number of carbonyl (C=O) groups excluding carboxylic acids is 4. The Hall–Kier alpha value is -5.84. The fraction of sp³-hybridized carbons (Fsp3) is 0.0968. The molecule has 11 heteroatoms. The first-order valence-electron chi connectivity index (χ1n) is 12.6. The molecule has 0 aliphatic heterocycles. The molecule has 0 spiro atoms. The summed E-state index contributed by atoms with van der Waals surface area (Å²) in [4.78, 5) is 64.6. The van der Waals surface area contributed by atoms with Crippen LogP contribution in [0.3, 0.4) is 0 Å². The van der Waals surface area contributed by atoms with E-state index in [1.54, 1.807) is 19.1 Å². The molecule has 212 valence electrons. The second-order valence-electron chi connectivity index (χ2n) is 8.87. The van der Waals surface area contributed by atoms with Crippen molar-refractivity contribution in [1.29, 1.82) is 0 Å². The van der Waals surface area contributed by atoms with Gasteiger partial charge in [0.2, 0.25) is 5.75 Å². The van der Waals surface area contributed by atoms with Crippen LogP contribution >= 0.6 is 0 Å². The Morgan fingerprint density at radius 1 is 0.690 bits per heavy atom. The van der Waals surface area contributed by atoms with E-state index >= 15 is 0 Å². The van der Waals surface area contributed by atoms with Gasteiger partial charge in [0.25, 0.3) is 5.69 Å². The Labute approximate surface area is 238 Å². The normalized spacial score (nSPS) is 10.5. The zero-order valence-electron chi connectivity index (χ0n) is 22.1. The maximum atomic E-state index is 14.0. The van der Waals surface area contributed by atoms with Gasteiger partial charge < -0.3 is 19.7 Å². The number of aromatic hydroxyl groups is 2. The van der Waals surface area contributed by atoms with Gasteiger partial charge in [-0.3, -0.25) is 19.7 Å². The third-order valence-corrected chi connectivity index (χ3v) is 6.08. The molecular weight excluding hydrogens is 546 g/mol. The monoisotopic (exact) mass is 569 g/mol. The quantitative estimate of drug-likeness (QED) is 0.0641. The minimum Gasteiger partial charge on any atom is -0.504 e. The Kier molecular flexibility index (Phi) is 8.72. The van der Waals surface area contributed by atoms with E-state index in [9.17, 15) is 39.5 Å². The second-order valence-corrected chi connectivity index (χ2v) is 8.87. The molecule has 0 radical (unpaired) electrons. The standard InChI is InChI=1S/C31H23NO10/c1-2-17-41-31(38)22-23(25(33)18-9-5-3-6-10-18)27(35)28(36)29(42-30(37)20-11-7-4-8-12-20)24(22)26(34)19-13-15-21(16-14-19)32(39)40/h3-16,35-36H,2,17H2,1H3. The van der Waals surface area contributed by atoms with Crippen molar-refractivity contribution in [3.63, 3.8) is 0 Å². The largest absolute Gasteiger partial charge is 0.504 e. The average molecular weight is 570 g/mol. The summed E-state index contributed by atoms with van der Waals surface area (Å²) in [6.07, 6.45) is 0.360. The molecule has 0 saturated heterocycles. The van der Waals surface area contributed by atoms with Crippen molar-refractivity contribution >= 4 is 29.2 Å². The summed E-state index contributed by atoms with van der Waals surface area (Å²) in [5, 5.41) is 33.3. The second kappa shape index (κ2) is 12.6. The number of nitrogens with zero attached hydrogens (tertiary/aromatic N) is 1. The van der Waals surface area contributed by atoms with Crippen molar-refractivity contribution in [2.75, 3.05) is 6.61 Å². The van der Waals surface area contributed by atoms with Gasteiger partial charge in [-0.2, -0.15) is 0 Å². The molecule has 0 amide bonds. The third-order valence-electron chi connectivity index (χ3n) is 6.08. The van der Waals surface area contributed by atoms with E-state index in [4.69, 9.17) is 9.47 Å². The molecule has 0 aliphatic carbocycles. The topological polar surface area (TPSA) is 170 Å². The number of hydrogen-bond donors (Lipinski definition) is 2. The zero-order chi connectivity index (χ0) is 30.4. The van der Waals surface area contributed by atoms with Crippen LogP contribution in [0.15, 0.2) is 84.9 Å². The predicted octanol–water partition coefficient (Wildman–Crippen LogP) is 5.25. The molecule has 0 unspecified atom stereocenters. The van der Waals surface area contributed by atoms with Crippen molar-refractivity contribution in [3.8, 4) is 17.2 Å². The van der Waals surface area contributed by atoms with Crippen molar-refractivity contribution in [2.24, 2.45) is 0 Å². The Balaban J connectivity index is 2.04. The number of phenols is 2. The van der Waals surface area contributed by atoms with Crippen molar-refractivity contribution in [2.45, 2.75) is 13.3 Å². The molecule has 4 rings (SSSR count). The molecular formula is C31H23NO10. The van der Waals surface area contributed by atoms with E-state index in [-0.39, 0.29) is 29.0 Å². The van der Waals surface area contributed by atoms with Crippen LogP contribution in [0.25, 0.3) is 0 Å². The number of hydrogen-bond acceptors (Lipinski definition) is 10. The number of carbonyl (C=O) groups is 4. The van der Waals surface area contributed by atoms with Gasteiger partial charge in [0, 0.05) is 23.3 Å². The molecule has 11 nitrogen and oxygen atoms in total. The smallest absolute Gasteiger partial charge is 0.343 e. The number of non-ortho nitro benzene ring substituents is 1. The maximum absolute atomic E-state index is 14.0. The minimum absolute atomic E-state index is 0.000457. The summed E-state index contributed by atoms with van der Waals surface area (Å²) in [7, 11) is 0. The average Bonchev–Trinajstić information content (AvgIpc) is 3.02. The van der Waals surface area contributed by atoms with Crippen LogP contribution in [0.1, 0.15) is 65.9 Å². The molecule has 0 fully saturated rings. The SMILES string of the molecule is CCCOC(=O)c1c(C(=O)c2ccccc2)c(O)c(O)c(OC(=O)c2ccccc2)c1C(=O)c1ccc([N+](=O)[O-])cc1. The number of nitro groups is 1. The fourth-order valence-electron chi connectivity index (χ4n) is 4.05. The van der Waals surface area contributed by atoms with Gasteiger partial charge in [0.15, 0.2) is 23.1 Å². The van der Waals surface area contributed by atoms with Crippen LogP contribution in [0.2, 0.25) is 0 Å². The molecule has 0 aromatic heterocycles. The summed E-state index contributed by atoms with van der Waals surface area (Å²) in [5.41, 5.74) is -2.83. The van der Waals surface area contributed by atoms with Gasteiger partial charge in [0.1, 0.15) is 0 Å². The number of rotatable bonds is 10. The minimum atomic E-state index is -1.21. The highest BCUT2D eigenvalue weighted by molar-refractivity contribution is 6.24. The van der Waals surface area contributed by atoms with E-state index in [1.807, 2.05) is 0 Å². The maximum Gasteiger partial charge on any atom is 0.343 e. The zero-order valence-corrected chi connectivity index (χ0v) is 22.1. The van der Waals surface area contributed by atoms with E-state index in [2.05, 4.69) is 0 Å². The summed E-state index contributed by atoms with van der Waals surface area (Å²) < 4.78 is 10.6. The molecule has 42 heavy (non-hydrogen) atoms. The highest BCUT2D eigenvalue weighted by Gasteiger charge is 2.37. The van der Waals surface area contributed by atoms with Gasteiger partial charge in [0.05, 0.1) is 33.8 Å². The third kappa shape index (κ3) is 5.85. The van der Waals surface area contributed by atoms with Crippen molar-refractivity contribution in [1.82, 2.24) is 0 Å². The first-order chi connectivity index (χ1) is 20.1. The lowest BCUT2D eigenvalue weighted by Gasteiger charge is -2.20. The van der Waals surface area contributed by atoms with E-state index < -0.39 is 62.4 Å². The van der Waals surface area contributed by atoms with Crippen molar-refractivity contribution in [3.05, 3.63) is 128 Å². The van der Waals surface area contributed by atoms with E-state index in [1.165, 1.54) is 48.5 Å². The Bertz CT molecular complexity index is 1680. The number of phenolic OH excluding ortho intramolecular Hbond substituents is 2. The van der Waals surface area contributed by atoms with Gasteiger partial charge in [-0.1, -0.05) is 55.5 Å². The highest BCUT2D eigenvalue weighted by Crippen LogP contribution is 2.46. The molecule has 0 aliphatic rings. The summed E-state index contributed by atoms with van der Waals surface area (Å²) in [6, 6.07) is 19.2. The molecule has 0 saturated carbocycles. The molecule has 4 aromatic carbocycles. The first kappa shape index (κ1) is 29.2. The number of benzene rings is 4. The molecule has 0 bridgehead atoms. The first-order valence-corrected chi connectivity index (χ1v) is 12.6. The molecule has 4 aromatic rings. The van der Waals surface area contributed by atoms with E-state index in [0.717, 1.165) is 24.3 Å². The lowest BCUT2D eigenvalue weighted by atomic mass is 9.88. The predicted molar refractivity (Wildman–Crippen MR) is 148 cm³/mol. The van der Waals surface area contributed by atoms with Crippen LogP contribution in [0.5, 0.6) is 17.2 Å². The van der Waals surface area contributed by atoms with Gasteiger partial charge in [-0.25, -0.2) is 9.59 Å². The van der Waals surface area contributed by atoms with Crippen LogP contribution in [0.4, 0.5) is 5.69 Å². The highest BCUT2D eigenvalue weighted by atomic mass is 16.6. The molecule has 0 heterocycles. The summed E-state index contributed by atoms with van der Waals surface area (Å²) >= 11 is 0. The van der Waals surface area contributed by atoms with Crippen molar-refractivity contribution < 1.29 is 43.8 Å². The molecule has 0 atom stereocenters. The number of esters is 2. The van der Waals surface area contributed by atoms with Gasteiger partial charge in [-0.15, -0.1) is 0 Å². The molecule has 2 N–H and O–H groups in total. The Morgan fingerprint density at radius 2 is 1.21 bits per heavy atom. The van der Waals surface area contributed by atoms with Crippen LogP contribution < -0.4 is 4.74 Å². The number of ketones is 2. The van der Waals surface area contributed by atoms with E-state index in [0.29, 0.717) is 6.42 Å². The summed E-state index contributed by atoms with van der Waals surface area (Å²) in [5.74, 6) is -7.45. The Morgan fingerprint density at radius 3 is 1.76 bits per heavy atom. The van der Waals surface area contributed by atoms with Gasteiger partial charge in [-0.05, 0) is 30.7 Å². The number of ether oxygens (including phenoxy) is 2. The fourth-order valence-corrected chi connectivity index (χ4v) is 4.05.